The van der Waals surface area contributed by atoms with Crippen molar-refractivity contribution in [1.82, 2.24) is 9.97 Å². The predicted molar refractivity (Wildman–Crippen MR) is 201 cm³/mol. The average Bonchev–Trinajstić information content (AvgIpc) is 3.39. The Morgan fingerprint density at radius 2 is 1.62 bits per heavy atom. The van der Waals surface area contributed by atoms with Gasteiger partial charge in [0.05, 0.1) is 13.8 Å². The summed E-state index contributed by atoms with van der Waals surface area (Å²) in [5.74, 6) is 0.547. The van der Waals surface area contributed by atoms with Gasteiger partial charge in [-0.05, 0) is 53.0 Å². The molecule has 5 rings (SSSR count). The van der Waals surface area contributed by atoms with E-state index in [2.05, 4.69) is 89.6 Å². The summed E-state index contributed by atoms with van der Waals surface area (Å²) >= 11 is 1.89. The molecule has 0 saturated heterocycles. The fourth-order valence-electron chi connectivity index (χ4n) is 6.83. The zero-order valence-corrected chi connectivity index (χ0v) is 34.9. The normalized spacial score (nSPS) is 14.2. The standard InChI is InChI=1S/C27H31N2SSi.C13H24O2.Ir/c1-26(2,3)14-16-9-10-17-13-20-19(12-18(17)11-16)23-21-22(27(20,4)5)25(31(6,7)8)30-24(21)29-15-28-23;1-5-10(6-2)12(14)9-13(15)11(7-3)8-4;/h9-11,13,15H,14H2,1-8H3;9-11,14H,5-8H2,1-4H3;/q-1;;/b;12-9-;. The third kappa shape index (κ3) is 8.35. The summed E-state index contributed by atoms with van der Waals surface area (Å²) in [7, 11) is -1.52. The van der Waals surface area contributed by atoms with Crippen LogP contribution in [0.2, 0.25) is 19.6 Å². The second-order valence-corrected chi connectivity index (χ2v) is 22.2. The zero-order valence-electron chi connectivity index (χ0n) is 30.6. The number of thiophene rings is 1. The minimum atomic E-state index is -1.52. The van der Waals surface area contributed by atoms with E-state index in [1.807, 2.05) is 39.0 Å². The van der Waals surface area contributed by atoms with E-state index >= 15 is 0 Å². The minimum absolute atomic E-state index is 0. The molecular weight excluding hydrogens is 793 g/mol. The number of fused-ring (bicyclic) bond motifs is 3. The molecule has 1 aliphatic carbocycles. The first kappa shape index (κ1) is 39.3. The minimum Gasteiger partial charge on any atom is -0.512 e. The molecule has 1 N–H and O–H groups in total. The number of ketones is 1. The van der Waals surface area contributed by atoms with Crippen molar-refractivity contribution in [2.75, 3.05) is 0 Å². The van der Waals surface area contributed by atoms with Gasteiger partial charge in [-0.3, -0.25) is 9.78 Å². The number of nitrogens with zero attached hydrogens (tertiary/aromatic N) is 2. The second kappa shape index (κ2) is 15.1. The Labute approximate surface area is 302 Å². The van der Waals surface area contributed by atoms with Crippen LogP contribution in [0.3, 0.4) is 0 Å². The van der Waals surface area contributed by atoms with E-state index in [0.29, 0.717) is 0 Å². The van der Waals surface area contributed by atoms with Crippen LogP contribution in [0.4, 0.5) is 0 Å². The van der Waals surface area contributed by atoms with Gasteiger partial charge < -0.3 is 5.11 Å². The first-order valence-electron chi connectivity index (χ1n) is 17.2. The van der Waals surface area contributed by atoms with Gasteiger partial charge in [-0.2, -0.15) is 0 Å². The molecule has 47 heavy (non-hydrogen) atoms. The molecule has 0 saturated carbocycles. The Balaban J connectivity index is 0.000000322. The van der Waals surface area contributed by atoms with Crippen LogP contribution >= 0.6 is 11.3 Å². The van der Waals surface area contributed by atoms with Crippen molar-refractivity contribution in [1.29, 1.82) is 0 Å². The van der Waals surface area contributed by atoms with Crippen molar-refractivity contribution in [3.05, 3.63) is 65.2 Å². The maximum absolute atomic E-state index is 11.7. The Bertz CT molecular complexity index is 1750. The number of aromatic nitrogens is 2. The fourth-order valence-corrected chi connectivity index (χ4v) is 10.6. The topological polar surface area (TPSA) is 63.1 Å². The molecule has 4 nitrogen and oxygen atoms in total. The summed E-state index contributed by atoms with van der Waals surface area (Å²) in [6, 6.07) is 13.1. The number of allylic oxidation sites excluding steroid dienone is 2. The number of aliphatic hydroxyl groups is 1. The Hall–Kier alpha value is -2.18. The number of hydrogen-bond donors (Lipinski definition) is 1. The number of aliphatic hydroxyl groups excluding tert-OH is 1. The molecule has 257 valence electrons. The molecule has 0 aliphatic heterocycles. The molecule has 0 fully saturated rings. The molecule has 0 unspecified atom stereocenters. The van der Waals surface area contributed by atoms with Crippen molar-refractivity contribution in [2.45, 2.75) is 119 Å². The maximum Gasteiger partial charge on any atom is 0.162 e. The van der Waals surface area contributed by atoms with E-state index in [1.54, 1.807) is 10.8 Å². The first-order chi connectivity index (χ1) is 21.5. The van der Waals surface area contributed by atoms with Crippen molar-refractivity contribution in [2.24, 2.45) is 17.3 Å². The van der Waals surface area contributed by atoms with Gasteiger partial charge in [-0.15, -0.1) is 34.9 Å². The number of benzene rings is 2. The van der Waals surface area contributed by atoms with Gasteiger partial charge in [0, 0.05) is 49.1 Å². The van der Waals surface area contributed by atoms with Gasteiger partial charge in [0.2, 0.25) is 0 Å². The van der Waals surface area contributed by atoms with E-state index in [0.717, 1.165) is 48.2 Å². The van der Waals surface area contributed by atoms with Gasteiger partial charge in [0.15, 0.2) is 5.78 Å². The molecule has 1 aliphatic rings. The van der Waals surface area contributed by atoms with E-state index in [-0.39, 0.29) is 54.3 Å². The molecule has 0 spiro atoms. The molecule has 2 aromatic carbocycles. The van der Waals surface area contributed by atoms with E-state index in [4.69, 9.17) is 4.98 Å². The first-order valence-corrected chi connectivity index (χ1v) is 21.5. The molecule has 4 aromatic rings. The van der Waals surface area contributed by atoms with E-state index in [1.165, 1.54) is 38.9 Å². The largest absolute Gasteiger partial charge is 0.512 e. The molecule has 7 heteroatoms. The van der Waals surface area contributed by atoms with Gasteiger partial charge in [0.25, 0.3) is 0 Å². The molecule has 0 bridgehead atoms. The van der Waals surface area contributed by atoms with Crippen LogP contribution in [0.15, 0.2) is 42.4 Å². The smallest absolute Gasteiger partial charge is 0.162 e. The number of carbonyl (C=O) groups is 1. The molecule has 0 amide bonds. The molecule has 2 aromatic heterocycles. The molecule has 2 heterocycles. The van der Waals surface area contributed by atoms with Gasteiger partial charge >= 0.3 is 0 Å². The van der Waals surface area contributed by atoms with Crippen molar-refractivity contribution < 1.29 is 30.0 Å². The van der Waals surface area contributed by atoms with Crippen molar-refractivity contribution in [3.63, 3.8) is 0 Å². The Kier molecular flexibility index (Phi) is 12.7. The van der Waals surface area contributed by atoms with Gasteiger partial charge in [-0.25, -0.2) is 4.98 Å². The van der Waals surface area contributed by atoms with Crippen LogP contribution in [0, 0.1) is 23.3 Å². The Morgan fingerprint density at radius 1 is 1.00 bits per heavy atom. The summed E-state index contributed by atoms with van der Waals surface area (Å²) in [6.45, 7) is 27.0. The van der Waals surface area contributed by atoms with E-state index < -0.39 is 8.07 Å². The van der Waals surface area contributed by atoms with E-state index in [9.17, 15) is 9.90 Å². The van der Waals surface area contributed by atoms with Crippen molar-refractivity contribution in [3.8, 4) is 11.3 Å². The predicted octanol–water partition coefficient (Wildman–Crippen LogP) is 11.0. The van der Waals surface area contributed by atoms with Crippen LogP contribution < -0.4 is 4.50 Å². The van der Waals surface area contributed by atoms with Crippen molar-refractivity contribution >= 4 is 50.7 Å². The summed E-state index contributed by atoms with van der Waals surface area (Å²) in [5, 5.41) is 13.5. The molecule has 1 radical (unpaired) electrons. The SMILES string of the molecule is CC(C)(C)Cc1ccc2cc3c([c-]c2c1)-c1ncnc2sc([Si](C)(C)C)c(c12)C3(C)C.CCC(CC)C(=O)/C=C(\O)C(CC)CC.[Ir]. The maximum atomic E-state index is 11.7. The second-order valence-electron chi connectivity index (χ2n) is 15.8. The average molecular weight is 848 g/mol. The van der Waals surface area contributed by atoms with Crippen LogP contribution in [-0.2, 0) is 36.7 Å². The Morgan fingerprint density at radius 3 is 2.17 bits per heavy atom. The summed E-state index contributed by atoms with van der Waals surface area (Å²) in [5.41, 5.74) is 6.58. The monoisotopic (exact) mass is 848 g/mol. The molecular formula is C40H55IrN2O2SSi-. The summed E-state index contributed by atoms with van der Waals surface area (Å²) < 4.78 is 1.56. The summed E-state index contributed by atoms with van der Waals surface area (Å²) in [6.07, 6.45) is 7.71. The molecule has 0 atom stereocenters. The number of hydrogen-bond acceptors (Lipinski definition) is 5. The zero-order chi connectivity index (χ0) is 34.2. The van der Waals surface area contributed by atoms with Crippen LogP contribution in [-0.4, -0.2) is 28.9 Å². The van der Waals surface area contributed by atoms with Crippen LogP contribution in [0.1, 0.15) is 105 Å². The summed E-state index contributed by atoms with van der Waals surface area (Å²) in [4.78, 5) is 22.3. The quantitative estimate of drug-likeness (QED) is 0.0789. The number of carbonyl (C=O) groups excluding carboxylic acids is 1. The van der Waals surface area contributed by atoms with Gasteiger partial charge in [-0.1, -0.05) is 116 Å². The fraction of sp³-hybridized carbons (Fsp3) is 0.525. The van der Waals surface area contributed by atoms with Crippen LogP contribution in [0.5, 0.6) is 0 Å². The third-order valence-electron chi connectivity index (χ3n) is 9.47. The van der Waals surface area contributed by atoms with Gasteiger partial charge in [0.1, 0.15) is 11.2 Å². The van der Waals surface area contributed by atoms with Crippen LogP contribution in [0.25, 0.3) is 32.2 Å². The third-order valence-corrected chi connectivity index (χ3v) is 14.1. The number of rotatable bonds is 9.